The third-order valence-corrected chi connectivity index (χ3v) is 4.16. The molecule has 0 bridgehead atoms. The third-order valence-electron chi connectivity index (χ3n) is 4.16. The van der Waals surface area contributed by atoms with Gasteiger partial charge in [0, 0.05) is 6.08 Å². The average molecular weight is 551 g/mol. The molecule has 0 aliphatic heterocycles. The molecule has 0 radical (unpaired) electrons. The third kappa shape index (κ3) is 118. The molecule has 10 heteroatoms. The van der Waals surface area contributed by atoms with E-state index in [4.69, 9.17) is 43.1 Å². The van der Waals surface area contributed by atoms with Crippen molar-refractivity contribution < 1.29 is 47.9 Å². The Kier molecular flexibility index (Phi) is 181. The first-order chi connectivity index (χ1) is 18.8. The minimum absolute atomic E-state index is 0.301. The van der Waals surface area contributed by atoms with Gasteiger partial charge in [0.2, 0.25) is 0 Å². The summed E-state index contributed by atoms with van der Waals surface area (Å²) in [5.74, 6) is -0.301. The topological polar surface area (TPSA) is 163 Å². The lowest BCUT2D eigenvalue weighted by atomic mass is 10.0. The van der Waals surface area contributed by atoms with Crippen LogP contribution in [0.1, 0.15) is 103 Å². The maximum absolute atomic E-state index is 10.8. The van der Waals surface area contributed by atoms with Gasteiger partial charge >= 0.3 is 5.97 Å². The van der Waals surface area contributed by atoms with Gasteiger partial charge in [-0.15, -0.1) is 0 Å². The Morgan fingerprint density at radius 3 is 0.868 bits per heavy atom. The van der Waals surface area contributed by atoms with Gasteiger partial charge in [-0.25, -0.2) is 4.79 Å². The van der Waals surface area contributed by atoms with Crippen molar-refractivity contribution in [1.29, 1.82) is 0 Å². The van der Waals surface area contributed by atoms with Crippen LogP contribution in [-0.2, 0) is 47.9 Å². The summed E-state index contributed by atoms with van der Waals surface area (Å²) in [7, 11) is 0. The standard InChI is InChI=1S/C20H38O2.8CH2O/c1-3-5-6-7-8-9-10-11-12-13-14-15-16-17-18-19-22-20(21)4-2;8*1-2/h4H,2-3,5-19H2,1H3;8*1H2. The van der Waals surface area contributed by atoms with Crippen LogP contribution in [0, 0.1) is 0 Å². The first-order valence-electron chi connectivity index (χ1n) is 11.9. The van der Waals surface area contributed by atoms with E-state index in [0.717, 1.165) is 6.42 Å². The number of carbonyl (C=O) groups excluding carboxylic acids is 9. The lowest BCUT2D eigenvalue weighted by Crippen LogP contribution is -2.01. The van der Waals surface area contributed by atoms with E-state index in [1.165, 1.54) is 96.0 Å². The summed E-state index contributed by atoms with van der Waals surface area (Å²) in [4.78, 5) is 74.8. The van der Waals surface area contributed by atoms with E-state index in [1.807, 2.05) is 54.3 Å². The molecule has 0 aromatic rings. The van der Waals surface area contributed by atoms with Gasteiger partial charge in [0.25, 0.3) is 0 Å². The summed E-state index contributed by atoms with van der Waals surface area (Å²) in [5.41, 5.74) is 0. The van der Waals surface area contributed by atoms with Crippen LogP contribution in [0.15, 0.2) is 12.7 Å². The molecule has 10 nitrogen and oxygen atoms in total. The summed E-state index contributed by atoms with van der Waals surface area (Å²) in [6.45, 7) is 22.2. The highest BCUT2D eigenvalue weighted by atomic mass is 16.5. The van der Waals surface area contributed by atoms with Crippen LogP contribution in [0.2, 0.25) is 0 Å². The van der Waals surface area contributed by atoms with Crippen molar-refractivity contribution in [2.45, 2.75) is 103 Å². The van der Waals surface area contributed by atoms with Crippen LogP contribution >= 0.6 is 0 Å². The second-order valence-electron chi connectivity index (χ2n) is 6.32. The van der Waals surface area contributed by atoms with Gasteiger partial charge in [0.15, 0.2) is 0 Å². The van der Waals surface area contributed by atoms with Crippen molar-refractivity contribution in [1.82, 2.24) is 0 Å². The molecule has 0 rings (SSSR count). The quantitative estimate of drug-likeness (QED) is 0.135. The highest BCUT2D eigenvalue weighted by Crippen LogP contribution is 2.13. The molecule has 0 aromatic heterocycles. The number of esters is 1. The average Bonchev–Trinajstić information content (AvgIpc) is 3.04. The predicted octanol–water partition coefficient (Wildman–Crippen LogP) is 5.11. The molecule has 0 heterocycles. The van der Waals surface area contributed by atoms with Gasteiger partial charge in [0.1, 0.15) is 54.3 Å². The molecule has 0 fully saturated rings. The zero-order valence-electron chi connectivity index (χ0n) is 23.8. The van der Waals surface area contributed by atoms with Crippen molar-refractivity contribution in [2.24, 2.45) is 0 Å². The molecule has 0 aliphatic carbocycles. The molecule has 0 unspecified atom stereocenters. The molecule has 0 amide bonds. The van der Waals surface area contributed by atoms with E-state index in [-0.39, 0.29) is 5.97 Å². The minimum Gasteiger partial charge on any atom is -0.463 e. The van der Waals surface area contributed by atoms with Crippen LogP contribution in [-0.4, -0.2) is 66.9 Å². The molecule has 0 aliphatic rings. The van der Waals surface area contributed by atoms with Crippen LogP contribution < -0.4 is 0 Å². The van der Waals surface area contributed by atoms with Gasteiger partial charge < -0.3 is 43.1 Å². The monoisotopic (exact) mass is 550 g/mol. The van der Waals surface area contributed by atoms with E-state index in [1.54, 1.807) is 0 Å². The SMILES string of the molecule is C=CC(=O)OCCCCCCCCCCCCCCCCC.C=O.C=O.C=O.C=O.C=O.C=O.C=O.C=O. The Balaban J connectivity index is -0.0000000636. The highest BCUT2D eigenvalue weighted by Gasteiger charge is 1.96. The van der Waals surface area contributed by atoms with Crippen molar-refractivity contribution >= 4 is 60.3 Å². The van der Waals surface area contributed by atoms with Crippen LogP contribution in [0.5, 0.6) is 0 Å². The normalized spacial score (nSPS) is 6.97. The van der Waals surface area contributed by atoms with Gasteiger partial charge in [-0.2, -0.15) is 0 Å². The Morgan fingerprint density at radius 2 is 0.658 bits per heavy atom. The molecule has 226 valence electrons. The Labute approximate surface area is 231 Å². The van der Waals surface area contributed by atoms with E-state index in [2.05, 4.69) is 13.5 Å². The van der Waals surface area contributed by atoms with Crippen molar-refractivity contribution in [2.75, 3.05) is 6.61 Å². The summed E-state index contributed by atoms with van der Waals surface area (Å²) in [6, 6.07) is 0. The molecular weight excluding hydrogens is 496 g/mol. The molecular formula is C28H54O10. The fraction of sp³-hybridized carbons (Fsp3) is 0.607. The summed E-state index contributed by atoms with van der Waals surface area (Å²) in [6.07, 6.45) is 21.5. The first-order valence-corrected chi connectivity index (χ1v) is 11.9. The molecule has 0 saturated carbocycles. The summed E-state index contributed by atoms with van der Waals surface area (Å²) < 4.78 is 4.95. The zero-order chi connectivity index (χ0) is 32.3. The van der Waals surface area contributed by atoms with E-state index in [0.29, 0.717) is 6.61 Å². The second kappa shape index (κ2) is 115. The van der Waals surface area contributed by atoms with E-state index in [9.17, 15) is 4.79 Å². The van der Waals surface area contributed by atoms with Gasteiger partial charge in [-0.05, 0) is 6.42 Å². The summed E-state index contributed by atoms with van der Waals surface area (Å²) in [5, 5.41) is 0. The largest absolute Gasteiger partial charge is 0.463 e. The summed E-state index contributed by atoms with van der Waals surface area (Å²) >= 11 is 0. The van der Waals surface area contributed by atoms with Crippen LogP contribution in [0.4, 0.5) is 0 Å². The van der Waals surface area contributed by atoms with Crippen molar-refractivity contribution in [3.63, 3.8) is 0 Å². The predicted molar refractivity (Wildman–Crippen MR) is 153 cm³/mol. The minimum atomic E-state index is -0.301. The smallest absolute Gasteiger partial charge is 0.330 e. The molecule has 0 saturated heterocycles. The number of ether oxygens (including phenoxy) is 1. The maximum Gasteiger partial charge on any atom is 0.330 e. The number of unbranched alkanes of at least 4 members (excludes halogenated alkanes) is 14. The van der Waals surface area contributed by atoms with Crippen LogP contribution in [0.3, 0.4) is 0 Å². The number of rotatable bonds is 17. The van der Waals surface area contributed by atoms with Crippen molar-refractivity contribution in [3.05, 3.63) is 12.7 Å². The lowest BCUT2D eigenvalue weighted by molar-refractivity contribution is -0.137. The number of hydrogen-bond donors (Lipinski definition) is 0. The molecule has 0 aromatic carbocycles. The fourth-order valence-corrected chi connectivity index (χ4v) is 2.71. The Morgan fingerprint density at radius 1 is 0.447 bits per heavy atom. The molecule has 38 heavy (non-hydrogen) atoms. The molecule has 0 atom stereocenters. The first kappa shape index (κ1) is 59.6. The van der Waals surface area contributed by atoms with Crippen LogP contribution in [0.25, 0.3) is 0 Å². The van der Waals surface area contributed by atoms with Crippen molar-refractivity contribution in [3.8, 4) is 0 Å². The number of hydrogen-bond acceptors (Lipinski definition) is 10. The Bertz CT molecular complexity index is 348. The zero-order valence-corrected chi connectivity index (χ0v) is 23.8. The van der Waals surface area contributed by atoms with Gasteiger partial charge in [-0.3, -0.25) is 0 Å². The van der Waals surface area contributed by atoms with E-state index >= 15 is 0 Å². The molecule has 0 spiro atoms. The molecule has 0 N–H and O–H groups in total. The lowest BCUT2D eigenvalue weighted by Gasteiger charge is -2.04. The Hall–Kier alpha value is -3.43. The fourth-order valence-electron chi connectivity index (χ4n) is 2.71. The van der Waals surface area contributed by atoms with Gasteiger partial charge in [-0.1, -0.05) is 103 Å². The van der Waals surface area contributed by atoms with E-state index < -0.39 is 0 Å². The highest BCUT2D eigenvalue weighted by molar-refractivity contribution is 5.81. The van der Waals surface area contributed by atoms with Gasteiger partial charge in [0.05, 0.1) is 6.61 Å². The number of carbonyl (C=O) groups is 9. The maximum atomic E-state index is 10.8. The second-order valence-corrected chi connectivity index (χ2v) is 6.32.